The first kappa shape index (κ1) is 28.3. The molecule has 0 bridgehead atoms. The van der Waals surface area contributed by atoms with E-state index >= 15 is 0 Å². The van der Waals surface area contributed by atoms with E-state index in [0.29, 0.717) is 5.11 Å². The van der Waals surface area contributed by atoms with Crippen molar-refractivity contribution in [2.24, 2.45) is 0 Å². The van der Waals surface area contributed by atoms with Gasteiger partial charge >= 0.3 is 0 Å². The lowest BCUT2D eigenvalue weighted by Crippen LogP contribution is -2.29. The molecule has 0 unspecified atom stereocenters. The summed E-state index contributed by atoms with van der Waals surface area (Å²) in [5, 5.41) is 7.11. The molecule has 0 radical (unpaired) electrons. The molecule has 3 heterocycles. The van der Waals surface area contributed by atoms with Gasteiger partial charge in [-0.25, -0.2) is 0 Å². The van der Waals surface area contributed by atoms with Crippen LogP contribution in [0.25, 0.3) is 5.69 Å². The fourth-order valence-electron chi connectivity index (χ4n) is 5.59. The number of carbonyl (C=O) groups excluding carboxylic acids is 1. The lowest BCUT2D eigenvalue weighted by atomic mass is 9.96. The molecule has 5 rings (SSSR count). The molecule has 4 aromatic rings. The van der Waals surface area contributed by atoms with Crippen molar-refractivity contribution in [3.63, 3.8) is 0 Å². The number of anilines is 3. The summed E-state index contributed by atoms with van der Waals surface area (Å²) in [6.07, 6.45) is 1.82. The first-order valence-corrected chi connectivity index (χ1v) is 14.0. The molecule has 0 spiro atoms. The molecule has 2 N–H and O–H groups in total. The number of nitrogens with zero attached hydrogens (tertiary/aromatic N) is 4. The van der Waals surface area contributed by atoms with Crippen LogP contribution in [0.15, 0.2) is 72.9 Å². The van der Waals surface area contributed by atoms with Gasteiger partial charge in [0.1, 0.15) is 6.61 Å². The van der Waals surface area contributed by atoms with Crippen LogP contribution in [0.2, 0.25) is 0 Å². The van der Waals surface area contributed by atoms with E-state index < -0.39 is 0 Å². The van der Waals surface area contributed by atoms with E-state index in [1.165, 1.54) is 7.11 Å². The van der Waals surface area contributed by atoms with E-state index in [-0.39, 0.29) is 24.6 Å². The van der Waals surface area contributed by atoms with E-state index in [1.807, 2.05) is 57.5 Å². The number of carbonyl (C=O) groups is 1. The van der Waals surface area contributed by atoms with Gasteiger partial charge in [0.25, 0.3) is 0 Å². The minimum Gasteiger partial charge on any atom is -0.378 e. The Bertz CT molecular complexity index is 1570. The highest BCUT2D eigenvalue weighted by Gasteiger charge is 2.42. The lowest BCUT2D eigenvalue weighted by molar-refractivity contribution is -0.119. The van der Waals surface area contributed by atoms with Gasteiger partial charge in [0, 0.05) is 61.5 Å². The quantitative estimate of drug-likeness (QED) is 0.267. The van der Waals surface area contributed by atoms with Crippen molar-refractivity contribution in [3.8, 4) is 5.69 Å². The predicted molar refractivity (Wildman–Crippen MR) is 169 cm³/mol. The van der Waals surface area contributed by atoms with Gasteiger partial charge in [-0.3, -0.25) is 9.78 Å². The van der Waals surface area contributed by atoms with Crippen LogP contribution in [-0.2, 0) is 9.53 Å². The minimum atomic E-state index is -0.194. The van der Waals surface area contributed by atoms with Crippen LogP contribution in [-0.4, -0.2) is 48.4 Å². The third-order valence-electron chi connectivity index (χ3n) is 7.55. The molecule has 1 amide bonds. The standard InChI is InChI=1S/C32H36N6O2S/c1-20-17-25(14-15-27(20)34-29(39)19-40-6)38-31(30(35-32(38)41)28-9-7-8-16-33-28)26-18-21(2)37(22(26)3)24-12-10-23(11-13-24)36(4)5/h7-18,30-31H,19H2,1-6H3,(H,34,39)(H,35,41)/t30-,31-/m1/s1. The van der Waals surface area contributed by atoms with Gasteiger partial charge in [-0.1, -0.05) is 6.07 Å². The van der Waals surface area contributed by atoms with Crippen molar-refractivity contribution >= 4 is 40.3 Å². The van der Waals surface area contributed by atoms with E-state index in [0.717, 1.165) is 51.0 Å². The van der Waals surface area contributed by atoms with Crippen molar-refractivity contribution in [2.75, 3.05) is 42.9 Å². The highest BCUT2D eigenvalue weighted by atomic mass is 32.1. The molecule has 1 saturated heterocycles. The zero-order chi connectivity index (χ0) is 29.3. The number of hydrogen-bond donors (Lipinski definition) is 2. The van der Waals surface area contributed by atoms with E-state index in [4.69, 9.17) is 21.9 Å². The molecule has 0 aliphatic carbocycles. The molecule has 2 aromatic carbocycles. The van der Waals surface area contributed by atoms with Crippen molar-refractivity contribution in [2.45, 2.75) is 32.9 Å². The summed E-state index contributed by atoms with van der Waals surface area (Å²) < 4.78 is 7.26. The molecule has 41 heavy (non-hydrogen) atoms. The third kappa shape index (κ3) is 5.55. The second kappa shape index (κ2) is 11.7. The molecule has 1 fully saturated rings. The Morgan fingerprint density at radius 1 is 1.05 bits per heavy atom. The summed E-state index contributed by atoms with van der Waals surface area (Å²) in [7, 11) is 5.59. The van der Waals surface area contributed by atoms with E-state index in [9.17, 15) is 4.79 Å². The van der Waals surface area contributed by atoms with Gasteiger partial charge < -0.3 is 29.7 Å². The van der Waals surface area contributed by atoms with Crippen molar-refractivity contribution in [1.29, 1.82) is 0 Å². The number of pyridine rings is 1. The first-order chi connectivity index (χ1) is 19.7. The first-order valence-electron chi connectivity index (χ1n) is 13.6. The van der Waals surface area contributed by atoms with Gasteiger partial charge in [-0.2, -0.15) is 0 Å². The number of nitrogens with one attached hydrogen (secondary N) is 2. The molecular weight excluding hydrogens is 532 g/mol. The number of aryl methyl sites for hydroxylation is 2. The van der Waals surface area contributed by atoms with Gasteiger partial charge in [0.05, 0.1) is 17.8 Å². The number of amides is 1. The average Bonchev–Trinajstić information content (AvgIpc) is 3.45. The zero-order valence-electron chi connectivity index (χ0n) is 24.3. The Morgan fingerprint density at radius 3 is 2.41 bits per heavy atom. The van der Waals surface area contributed by atoms with Gasteiger partial charge in [-0.15, -0.1) is 0 Å². The summed E-state index contributed by atoms with van der Waals surface area (Å²) in [5.41, 5.74) is 9.24. The summed E-state index contributed by atoms with van der Waals surface area (Å²) >= 11 is 5.96. The Balaban J connectivity index is 1.59. The lowest BCUT2D eigenvalue weighted by Gasteiger charge is -2.29. The fourth-order valence-corrected chi connectivity index (χ4v) is 5.93. The maximum atomic E-state index is 12.1. The number of ether oxygens (including phenoxy) is 1. The van der Waals surface area contributed by atoms with Crippen LogP contribution >= 0.6 is 12.2 Å². The summed E-state index contributed by atoms with van der Waals surface area (Å²) in [6, 6.07) is 22.5. The van der Waals surface area contributed by atoms with E-state index in [1.54, 1.807) is 0 Å². The maximum absolute atomic E-state index is 12.1. The molecule has 9 heteroatoms. The minimum absolute atomic E-state index is 0.00262. The van der Waals surface area contributed by atoms with Gasteiger partial charge in [-0.05, 0) is 105 Å². The van der Waals surface area contributed by atoms with Crippen LogP contribution in [0.1, 0.15) is 40.3 Å². The fraction of sp³-hybridized carbons (Fsp3) is 0.281. The smallest absolute Gasteiger partial charge is 0.250 e. The van der Waals surface area contributed by atoms with Crippen LogP contribution in [0, 0.1) is 20.8 Å². The maximum Gasteiger partial charge on any atom is 0.250 e. The van der Waals surface area contributed by atoms with Crippen LogP contribution in [0.5, 0.6) is 0 Å². The number of rotatable bonds is 8. The summed E-state index contributed by atoms with van der Waals surface area (Å²) in [6.45, 7) is 6.28. The Hall–Kier alpha value is -4.21. The molecule has 0 saturated carbocycles. The molecule has 2 atom stereocenters. The third-order valence-corrected chi connectivity index (χ3v) is 7.86. The van der Waals surface area contributed by atoms with E-state index in [2.05, 4.69) is 75.2 Å². The second-order valence-electron chi connectivity index (χ2n) is 10.5. The van der Waals surface area contributed by atoms with Crippen LogP contribution in [0.3, 0.4) is 0 Å². The SMILES string of the molecule is COCC(=O)Nc1ccc(N2C(=S)N[C@H](c3ccccn3)[C@H]2c2cc(C)n(-c3ccc(N(C)C)cc3)c2C)cc1C. The average molecular weight is 569 g/mol. The number of aromatic nitrogens is 2. The Labute approximate surface area is 247 Å². The summed E-state index contributed by atoms with van der Waals surface area (Å²) in [4.78, 5) is 21.1. The highest BCUT2D eigenvalue weighted by molar-refractivity contribution is 7.80. The predicted octanol–water partition coefficient (Wildman–Crippen LogP) is 5.63. The normalized spacial score (nSPS) is 16.5. The Morgan fingerprint density at radius 2 is 1.78 bits per heavy atom. The van der Waals surface area contributed by atoms with Gasteiger partial charge in [0.15, 0.2) is 5.11 Å². The summed E-state index contributed by atoms with van der Waals surface area (Å²) in [5.74, 6) is -0.194. The molecule has 8 nitrogen and oxygen atoms in total. The van der Waals surface area contributed by atoms with Crippen molar-refractivity contribution in [3.05, 3.63) is 101 Å². The number of hydrogen-bond acceptors (Lipinski definition) is 5. The topological polar surface area (TPSA) is 74.7 Å². The Kier molecular flexibility index (Phi) is 8.10. The second-order valence-corrected chi connectivity index (χ2v) is 10.9. The van der Waals surface area contributed by atoms with Crippen LogP contribution < -0.4 is 20.4 Å². The van der Waals surface area contributed by atoms with Crippen LogP contribution in [0.4, 0.5) is 17.1 Å². The molecule has 212 valence electrons. The highest BCUT2D eigenvalue weighted by Crippen LogP contribution is 2.44. The monoisotopic (exact) mass is 568 g/mol. The zero-order valence-corrected chi connectivity index (χ0v) is 25.1. The largest absolute Gasteiger partial charge is 0.378 e. The van der Waals surface area contributed by atoms with Gasteiger partial charge in [0.2, 0.25) is 5.91 Å². The molecule has 1 aliphatic rings. The number of thiocarbonyl (C=S) groups is 1. The number of benzene rings is 2. The molecule has 2 aromatic heterocycles. The molecule has 1 aliphatic heterocycles. The molecular formula is C32H36N6O2S. The number of methoxy groups -OCH3 is 1. The van der Waals surface area contributed by atoms with Crippen molar-refractivity contribution in [1.82, 2.24) is 14.9 Å². The van der Waals surface area contributed by atoms with Crippen molar-refractivity contribution < 1.29 is 9.53 Å².